The minimum atomic E-state index is -3.91. The molecule has 2 rings (SSSR count). The number of halogens is 2. The highest BCUT2D eigenvalue weighted by Gasteiger charge is 2.22. The van der Waals surface area contributed by atoms with Crippen LogP contribution in [0.1, 0.15) is 19.4 Å². The van der Waals surface area contributed by atoms with Crippen molar-refractivity contribution in [2.45, 2.75) is 25.7 Å². The smallest absolute Gasteiger partial charge is 0.265 e. The van der Waals surface area contributed by atoms with Crippen LogP contribution in [0, 0.1) is 6.92 Å². The van der Waals surface area contributed by atoms with Crippen LogP contribution in [0.4, 0.5) is 5.69 Å². The van der Waals surface area contributed by atoms with Crippen LogP contribution in [-0.4, -0.2) is 21.6 Å². The SMILES string of the molecule is CCOc1cc(S(=O)(=O)Nc2ccc(Cl)c(Cl)c2)c(OCC)cc1C. The summed E-state index contributed by atoms with van der Waals surface area (Å²) in [5, 5.41) is 0.597. The fraction of sp³-hybridized carbons (Fsp3) is 0.294. The largest absolute Gasteiger partial charge is 0.494 e. The van der Waals surface area contributed by atoms with Gasteiger partial charge >= 0.3 is 0 Å². The molecule has 0 aliphatic rings. The first-order valence-electron chi connectivity index (χ1n) is 7.66. The lowest BCUT2D eigenvalue weighted by atomic mass is 10.2. The van der Waals surface area contributed by atoms with E-state index >= 15 is 0 Å². The number of ether oxygens (including phenoxy) is 2. The summed E-state index contributed by atoms with van der Waals surface area (Å²) in [4.78, 5) is -0.00512. The molecule has 0 saturated carbocycles. The fourth-order valence-electron chi connectivity index (χ4n) is 2.20. The fourth-order valence-corrected chi connectivity index (χ4v) is 3.69. The van der Waals surface area contributed by atoms with Crippen LogP contribution in [0.2, 0.25) is 10.0 Å². The van der Waals surface area contributed by atoms with Gasteiger partial charge in [-0.1, -0.05) is 23.2 Å². The molecular formula is C17H19Cl2NO4S. The first-order chi connectivity index (χ1) is 11.8. The molecule has 2 aromatic rings. The van der Waals surface area contributed by atoms with Gasteiger partial charge in [-0.25, -0.2) is 8.42 Å². The number of benzene rings is 2. The van der Waals surface area contributed by atoms with Crippen LogP contribution >= 0.6 is 23.2 Å². The molecule has 2 aromatic carbocycles. The van der Waals surface area contributed by atoms with Crippen LogP contribution in [0.15, 0.2) is 35.2 Å². The van der Waals surface area contributed by atoms with Crippen molar-refractivity contribution in [3.05, 3.63) is 45.9 Å². The molecule has 0 unspecified atom stereocenters. The molecule has 0 amide bonds. The summed E-state index contributed by atoms with van der Waals surface area (Å²) in [6, 6.07) is 7.61. The number of nitrogens with one attached hydrogen (secondary N) is 1. The Labute approximate surface area is 157 Å². The highest BCUT2D eigenvalue weighted by atomic mass is 35.5. The third-order valence-electron chi connectivity index (χ3n) is 3.30. The Balaban J connectivity index is 2.48. The maximum atomic E-state index is 12.8. The van der Waals surface area contributed by atoms with Gasteiger partial charge in [0, 0.05) is 6.07 Å². The van der Waals surface area contributed by atoms with E-state index in [9.17, 15) is 8.42 Å². The Hall–Kier alpha value is -1.63. The maximum Gasteiger partial charge on any atom is 0.265 e. The number of anilines is 1. The van der Waals surface area contributed by atoms with Crippen LogP contribution in [0.5, 0.6) is 11.5 Å². The van der Waals surface area contributed by atoms with E-state index in [4.69, 9.17) is 32.7 Å². The summed E-state index contributed by atoms with van der Waals surface area (Å²) < 4.78 is 39.2. The number of rotatable bonds is 7. The van der Waals surface area contributed by atoms with E-state index in [1.807, 2.05) is 13.8 Å². The number of hydrogen-bond acceptors (Lipinski definition) is 4. The molecule has 0 aliphatic carbocycles. The molecule has 0 bridgehead atoms. The zero-order valence-corrected chi connectivity index (χ0v) is 16.4. The first-order valence-corrected chi connectivity index (χ1v) is 9.90. The molecule has 0 fully saturated rings. The molecular weight excluding hydrogens is 385 g/mol. The average Bonchev–Trinajstić information content (AvgIpc) is 2.53. The van der Waals surface area contributed by atoms with Gasteiger partial charge in [-0.05, 0) is 50.6 Å². The van der Waals surface area contributed by atoms with Gasteiger partial charge < -0.3 is 9.47 Å². The second kappa shape index (κ2) is 8.17. The Morgan fingerprint density at radius 3 is 2.20 bits per heavy atom. The van der Waals surface area contributed by atoms with Crippen molar-refractivity contribution in [1.29, 1.82) is 0 Å². The first kappa shape index (κ1) is 19.7. The monoisotopic (exact) mass is 403 g/mol. The number of hydrogen-bond donors (Lipinski definition) is 1. The predicted octanol–water partition coefficient (Wildman–Crippen LogP) is 4.90. The predicted molar refractivity (Wildman–Crippen MR) is 101 cm³/mol. The zero-order chi connectivity index (χ0) is 18.6. The number of aryl methyl sites for hydroxylation is 1. The summed E-state index contributed by atoms with van der Waals surface area (Å²) >= 11 is 11.8. The van der Waals surface area contributed by atoms with Crippen LogP contribution < -0.4 is 14.2 Å². The maximum absolute atomic E-state index is 12.8. The standard InChI is InChI=1S/C17H19Cl2NO4S/c1-4-23-15-10-17(16(24-5-2)8-11(15)3)25(21,22)20-12-6-7-13(18)14(19)9-12/h6-10,20H,4-5H2,1-3H3. The summed E-state index contributed by atoms with van der Waals surface area (Å²) in [5.74, 6) is 0.747. The summed E-state index contributed by atoms with van der Waals surface area (Å²) in [6.45, 7) is 6.21. The van der Waals surface area contributed by atoms with Crippen LogP contribution in [0.3, 0.4) is 0 Å². The quantitative estimate of drug-likeness (QED) is 0.713. The third-order valence-corrected chi connectivity index (χ3v) is 5.44. The molecule has 0 heterocycles. The van der Waals surface area contributed by atoms with Gasteiger partial charge in [0.05, 0.1) is 28.9 Å². The van der Waals surface area contributed by atoms with Crippen molar-refractivity contribution in [3.63, 3.8) is 0 Å². The second-order valence-electron chi connectivity index (χ2n) is 5.16. The highest BCUT2D eigenvalue weighted by molar-refractivity contribution is 7.92. The lowest BCUT2D eigenvalue weighted by molar-refractivity contribution is 0.321. The molecule has 8 heteroatoms. The topological polar surface area (TPSA) is 64.6 Å². The van der Waals surface area contributed by atoms with E-state index in [-0.39, 0.29) is 15.7 Å². The minimum absolute atomic E-state index is 0.00512. The lowest BCUT2D eigenvalue weighted by Gasteiger charge is -2.16. The van der Waals surface area contributed by atoms with Crippen molar-refractivity contribution in [2.24, 2.45) is 0 Å². The molecule has 1 N–H and O–H groups in total. The van der Waals surface area contributed by atoms with E-state index in [0.29, 0.717) is 29.7 Å². The molecule has 136 valence electrons. The van der Waals surface area contributed by atoms with E-state index < -0.39 is 10.0 Å². The molecule has 0 atom stereocenters. The Kier molecular flexibility index (Phi) is 6.43. The minimum Gasteiger partial charge on any atom is -0.494 e. The van der Waals surface area contributed by atoms with E-state index in [1.165, 1.54) is 24.3 Å². The molecule has 5 nitrogen and oxygen atoms in total. The van der Waals surface area contributed by atoms with Gasteiger partial charge in [0.2, 0.25) is 0 Å². The van der Waals surface area contributed by atoms with Crippen molar-refractivity contribution in [2.75, 3.05) is 17.9 Å². The highest BCUT2D eigenvalue weighted by Crippen LogP contribution is 2.34. The summed E-state index contributed by atoms with van der Waals surface area (Å²) in [7, 11) is -3.91. The van der Waals surface area contributed by atoms with Crippen molar-refractivity contribution >= 4 is 38.9 Å². The van der Waals surface area contributed by atoms with Crippen molar-refractivity contribution in [1.82, 2.24) is 0 Å². The molecule has 25 heavy (non-hydrogen) atoms. The summed E-state index contributed by atoms with van der Waals surface area (Å²) in [5.41, 5.74) is 1.09. The number of sulfonamides is 1. The van der Waals surface area contributed by atoms with Gasteiger partial charge in [0.15, 0.2) is 0 Å². The van der Waals surface area contributed by atoms with E-state index in [0.717, 1.165) is 5.56 Å². The van der Waals surface area contributed by atoms with Crippen LogP contribution in [0.25, 0.3) is 0 Å². The molecule has 0 spiro atoms. The summed E-state index contributed by atoms with van der Waals surface area (Å²) in [6.07, 6.45) is 0. The van der Waals surface area contributed by atoms with E-state index in [1.54, 1.807) is 13.0 Å². The Bertz CT molecular complexity index is 869. The van der Waals surface area contributed by atoms with Gasteiger partial charge in [-0.15, -0.1) is 0 Å². The van der Waals surface area contributed by atoms with Crippen LogP contribution in [-0.2, 0) is 10.0 Å². The van der Waals surface area contributed by atoms with E-state index in [2.05, 4.69) is 4.72 Å². The Morgan fingerprint density at radius 1 is 0.960 bits per heavy atom. The normalized spacial score (nSPS) is 11.2. The molecule has 0 saturated heterocycles. The van der Waals surface area contributed by atoms with Crippen molar-refractivity contribution in [3.8, 4) is 11.5 Å². The third kappa shape index (κ3) is 4.71. The van der Waals surface area contributed by atoms with Gasteiger partial charge in [-0.2, -0.15) is 0 Å². The molecule has 0 aliphatic heterocycles. The molecule has 0 aromatic heterocycles. The Morgan fingerprint density at radius 2 is 1.60 bits per heavy atom. The van der Waals surface area contributed by atoms with Gasteiger partial charge in [0.25, 0.3) is 10.0 Å². The average molecular weight is 404 g/mol. The van der Waals surface area contributed by atoms with Gasteiger partial charge in [-0.3, -0.25) is 4.72 Å². The lowest BCUT2D eigenvalue weighted by Crippen LogP contribution is -2.15. The second-order valence-corrected chi connectivity index (χ2v) is 7.63. The zero-order valence-electron chi connectivity index (χ0n) is 14.1. The van der Waals surface area contributed by atoms with Crippen molar-refractivity contribution < 1.29 is 17.9 Å². The van der Waals surface area contributed by atoms with Gasteiger partial charge in [0.1, 0.15) is 16.4 Å². The molecule has 0 radical (unpaired) electrons.